The van der Waals surface area contributed by atoms with Crippen LogP contribution in [-0.2, 0) is 25.2 Å². The van der Waals surface area contributed by atoms with E-state index in [-0.39, 0.29) is 4.13 Å². The van der Waals surface area contributed by atoms with Crippen LogP contribution in [0.3, 0.4) is 0 Å². The Hall–Kier alpha value is -0.500. The fourth-order valence-corrected chi connectivity index (χ4v) is 3.32. The predicted molar refractivity (Wildman–Crippen MR) is 69.8 cm³/mol. The second-order valence-corrected chi connectivity index (χ2v) is 8.03. The molecule has 1 aliphatic heterocycles. The minimum Gasteiger partial charge on any atom is -0.335 e. The van der Waals surface area contributed by atoms with Gasteiger partial charge in [-0.25, -0.2) is 8.42 Å². The lowest BCUT2D eigenvalue weighted by molar-refractivity contribution is -0.931. The maximum Gasteiger partial charge on any atom is 0.512 e. The van der Waals surface area contributed by atoms with Crippen LogP contribution in [0.1, 0.15) is 19.3 Å². The average molecular weight is 375 g/mol. The van der Waals surface area contributed by atoms with Gasteiger partial charge in [0.1, 0.15) is 0 Å². The van der Waals surface area contributed by atoms with Gasteiger partial charge in [0.15, 0.2) is 6.73 Å². The van der Waals surface area contributed by atoms with Crippen LogP contribution in [0, 0.1) is 0 Å². The second-order valence-electron chi connectivity index (χ2n) is 5.02. The summed E-state index contributed by atoms with van der Waals surface area (Å²) < 4.78 is 89.8. The van der Waals surface area contributed by atoms with Gasteiger partial charge in [0, 0.05) is 7.11 Å². The molecular formula is C9H19F4N2O5S2+. The summed E-state index contributed by atoms with van der Waals surface area (Å²) in [6, 6.07) is 0. The Bertz CT molecular complexity index is 535. The van der Waals surface area contributed by atoms with Crippen LogP contribution in [0.25, 0.3) is 0 Å². The molecule has 22 heavy (non-hydrogen) atoms. The maximum absolute atomic E-state index is 11.4. The molecule has 0 aromatic carbocycles. The van der Waals surface area contributed by atoms with E-state index < -0.39 is 25.9 Å². The highest BCUT2D eigenvalue weighted by Gasteiger charge is 2.48. The van der Waals surface area contributed by atoms with Crippen LogP contribution in [0.4, 0.5) is 17.1 Å². The summed E-state index contributed by atoms with van der Waals surface area (Å²) >= 11 is 0. The van der Waals surface area contributed by atoms with E-state index in [0.29, 0.717) is 0 Å². The van der Waals surface area contributed by atoms with E-state index in [2.05, 4.69) is 7.05 Å². The molecule has 0 unspecified atom stereocenters. The van der Waals surface area contributed by atoms with Crippen molar-refractivity contribution in [3.8, 4) is 0 Å². The number of hydrogen-bond acceptors (Lipinski definition) is 5. The zero-order valence-corrected chi connectivity index (χ0v) is 13.7. The molecule has 134 valence electrons. The van der Waals surface area contributed by atoms with Gasteiger partial charge < -0.3 is 9.22 Å². The largest absolute Gasteiger partial charge is 0.512 e. The van der Waals surface area contributed by atoms with Crippen molar-refractivity contribution in [2.24, 2.45) is 0 Å². The van der Waals surface area contributed by atoms with Crippen LogP contribution in [0.5, 0.6) is 0 Å². The van der Waals surface area contributed by atoms with Gasteiger partial charge in [-0.15, -0.1) is 0 Å². The molecule has 1 fully saturated rings. The fourth-order valence-electron chi connectivity index (χ4n) is 1.89. The van der Waals surface area contributed by atoms with Crippen LogP contribution in [0.2, 0.25) is 0 Å². The van der Waals surface area contributed by atoms with E-state index in [1.165, 1.54) is 32.4 Å². The number of halogens is 4. The number of piperidine rings is 1. The Labute approximate surface area is 127 Å². The van der Waals surface area contributed by atoms with Gasteiger partial charge >= 0.3 is 25.9 Å². The lowest BCUT2D eigenvalue weighted by atomic mass is 10.1. The molecule has 0 amide bonds. The van der Waals surface area contributed by atoms with E-state index in [9.17, 15) is 33.9 Å². The molecule has 0 radical (unpaired) electrons. The summed E-state index contributed by atoms with van der Waals surface area (Å²) in [5.41, 5.74) is -5.86. The highest BCUT2D eigenvalue weighted by Crippen LogP contribution is 2.22. The van der Waals surface area contributed by atoms with Gasteiger partial charge in [-0.05, 0) is 19.3 Å². The highest BCUT2D eigenvalue weighted by molar-refractivity contribution is 8.03. The standard InChI is InChI=1S/C8H18NO.CHF4NO4S2/c1-9(8-10-2)6-4-3-5-7-9;2-1(3,4)11(7,8)6-12(5,9)10/h3-8H2,1-2H3;6H/q+1;. The zero-order valence-electron chi connectivity index (χ0n) is 12.1. The highest BCUT2D eigenvalue weighted by atomic mass is 32.3. The van der Waals surface area contributed by atoms with Crippen LogP contribution in [0.15, 0.2) is 0 Å². The number of rotatable bonds is 4. The Morgan fingerprint density at radius 1 is 1.09 bits per heavy atom. The van der Waals surface area contributed by atoms with Gasteiger partial charge in [-0.1, -0.05) is 8.01 Å². The first kappa shape index (κ1) is 21.5. The zero-order chi connectivity index (χ0) is 17.7. The Balaban J connectivity index is 0.000000406. The third kappa shape index (κ3) is 8.22. The Kier molecular flexibility index (Phi) is 7.68. The van der Waals surface area contributed by atoms with Crippen molar-refractivity contribution >= 4 is 20.4 Å². The average Bonchev–Trinajstić information content (AvgIpc) is 2.25. The number of methoxy groups -OCH3 is 1. The van der Waals surface area contributed by atoms with E-state index >= 15 is 0 Å². The van der Waals surface area contributed by atoms with Crippen molar-refractivity contribution in [2.45, 2.75) is 24.8 Å². The summed E-state index contributed by atoms with van der Waals surface area (Å²) in [5.74, 6) is 0. The number of sulfonamides is 1. The lowest BCUT2D eigenvalue weighted by Crippen LogP contribution is -2.48. The number of quaternary nitrogens is 1. The Morgan fingerprint density at radius 2 is 1.55 bits per heavy atom. The Morgan fingerprint density at radius 3 is 1.82 bits per heavy atom. The quantitative estimate of drug-likeness (QED) is 0.447. The third-order valence-corrected chi connectivity index (χ3v) is 5.13. The van der Waals surface area contributed by atoms with Crippen LogP contribution >= 0.6 is 0 Å². The minimum absolute atomic E-state index is 0.212. The molecule has 1 rings (SSSR count). The van der Waals surface area contributed by atoms with Crippen molar-refractivity contribution in [2.75, 3.05) is 34.0 Å². The molecule has 1 aliphatic rings. The summed E-state index contributed by atoms with van der Waals surface area (Å²) in [7, 11) is -8.02. The van der Waals surface area contributed by atoms with Crippen molar-refractivity contribution in [3.05, 3.63) is 0 Å². The third-order valence-electron chi connectivity index (χ3n) is 2.85. The summed E-state index contributed by atoms with van der Waals surface area (Å²) in [4.78, 5) is 0. The number of ether oxygens (including phenoxy) is 1. The van der Waals surface area contributed by atoms with E-state index in [1.54, 1.807) is 7.11 Å². The van der Waals surface area contributed by atoms with Crippen molar-refractivity contribution in [1.82, 2.24) is 4.13 Å². The molecule has 0 bridgehead atoms. The van der Waals surface area contributed by atoms with E-state index in [0.717, 1.165) is 11.2 Å². The normalized spacial score (nSPS) is 19.2. The predicted octanol–water partition coefficient (Wildman–Crippen LogP) is 0.861. The topological polar surface area (TPSA) is 89.5 Å². The molecular weight excluding hydrogens is 356 g/mol. The molecule has 7 nitrogen and oxygen atoms in total. The molecule has 13 heteroatoms. The van der Waals surface area contributed by atoms with Crippen molar-refractivity contribution in [3.63, 3.8) is 0 Å². The molecule has 0 saturated carbocycles. The molecule has 1 N–H and O–H groups in total. The molecule has 1 saturated heterocycles. The first-order chi connectivity index (χ1) is 9.72. The number of likely N-dealkylation sites (tertiary alicyclic amines) is 1. The number of alkyl halides is 3. The maximum atomic E-state index is 11.4. The number of nitrogens with zero attached hydrogens (tertiary/aromatic N) is 1. The first-order valence-electron chi connectivity index (χ1n) is 6.09. The molecule has 0 aromatic heterocycles. The summed E-state index contributed by atoms with van der Waals surface area (Å²) in [6.45, 7) is 3.49. The van der Waals surface area contributed by atoms with Gasteiger partial charge in [-0.2, -0.15) is 21.6 Å². The minimum atomic E-state index is -6.17. The van der Waals surface area contributed by atoms with Gasteiger partial charge in [0.05, 0.1) is 20.1 Å². The first-order valence-corrected chi connectivity index (χ1v) is 8.96. The van der Waals surface area contributed by atoms with Gasteiger partial charge in [-0.3, -0.25) is 0 Å². The summed E-state index contributed by atoms with van der Waals surface area (Å²) in [6.07, 6.45) is 4.16. The monoisotopic (exact) mass is 375 g/mol. The van der Waals surface area contributed by atoms with Crippen LogP contribution < -0.4 is 4.13 Å². The SMILES string of the molecule is COC[N+]1(C)CCCCC1.O=S(=O)(F)NS(=O)(=O)C(F)(F)F. The second kappa shape index (κ2) is 7.86. The van der Waals surface area contributed by atoms with Crippen molar-refractivity contribution in [1.29, 1.82) is 0 Å². The molecule has 0 atom stereocenters. The number of hydrogen-bond donors (Lipinski definition) is 1. The molecule has 0 spiro atoms. The smallest absolute Gasteiger partial charge is 0.335 e. The molecule has 0 aromatic rings. The van der Waals surface area contributed by atoms with Crippen molar-refractivity contribution < 1.29 is 43.1 Å². The molecule has 0 aliphatic carbocycles. The van der Waals surface area contributed by atoms with Gasteiger partial charge in [0.25, 0.3) is 0 Å². The van der Waals surface area contributed by atoms with Crippen LogP contribution in [-0.4, -0.2) is 60.8 Å². The number of nitrogens with one attached hydrogen (secondary N) is 1. The molecule has 1 heterocycles. The van der Waals surface area contributed by atoms with E-state index in [4.69, 9.17) is 4.74 Å². The lowest BCUT2D eigenvalue weighted by Gasteiger charge is -2.36. The fraction of sp³-hybridized carbons (Fsp3) is 1.00. The van der Waals surface area contributed by atoms with E-state index in [1.807, 2.05) is 0 Å². The summed E-state index contributed by atoms with van der Waals surface area (Å²) in [5, 5.41) is 0. The van der Waals surface area contributed by atoms with Gasteiger partial charge in [0.2, 0.25) is 0 Å².